The third-order valence-electron chi connectivity index (χ3n) is 3.70. The van der Waals surface area contributed by atoms with Crippen molar-refractivity contribution in [2.75, 3.05) is 0 Å². The molecule has 1 aliphatic carbocycles. The van der Waals surface area contributed by atoms with Gasteiger partial charge >= 0.3 is 0 Å². The van der Waals surface area contributed by atoms with E-state index in [1.165, 1.54) is 11.1 Å². The molecule has 1 unspecified atom stereocenters. The van der Waals surface area contributed by atoms with E-state index >= 15 is 0 Å². The van der Waals surface area contributed by atoms with Crippen LogP contribution in [0.25, 0.3) is 17.7 Å². The fourth-order valence-electron chi connectivity index (χ4n) is 2.53. The zero-order chi connectivity index (χ0) is 19.4. The molecule has 25 heavy (non-hydrogen) atoms. The molecule has 136 valence electrons. The molecule has 0 saturated carbocycles. The van der Waals surface area contributed by atoms with Crippen molar-refractivity contribution in [3.8, 4) is 0 Å². The van der Waals surface area contributed by atoms with E-state index in [1.807, 2.05) is 33.8 Å². The number of benzene rings is 1. The number of allylic oxidation sites excluding steroid dienone is 7. The topological polar surface area (TPSA) is 20.2 Å². The Hall–Kier alpha value is -2.28. The molecule has 1 nitrogen and oxygen atoms in total. The number of hydrogen-bond donors (Lipinski definition) is 1. The lowest BCUT2D eigenvalue weighted by atomic mass is 9.92. The summed E-state index contributed by atoms with van der Waals surface area (Å²) in [6, 6.07) is 4.17. The molecule has 0 radical (unpaired) electrons. The van der Waals surface area contributed by atoms with Gasteiger partial charge in [-0.1, -0.05) is 89.8 Å². The van der Waals surface area contributed by atoms with E-state index in [2.05, 4.69) is 62.9 Å². The second-order valence-corrected chi connectivity index (χ2v) is 5.46. The summed E-state index contributed by atoms with van der Waals surface area (Å²) in [6.45, 7) is 17.8. The van der Waals surface area contributed by atoms with E-state index < -0.39 is 0 Å². The van der Waals surface area contributed by atoms with E-state index in [-0.39, 0.29) is 0 Å². The highest BCUT2D eigenvalue weighted by Gasteiger charge is 2.10. The molecule has 1 aromatic rings. The molecule has 0 bridgehead atoms. The zero-order valence-electron chi connectivity index (χ0n) is 16.9. The first-order valence-corrected chi connectivity index (χ1v) is 9.23. The lowest BCUT2D eigenvalue weighted by Crippen LogP contribution is -1.94. The monoisotopic (exact) mass is 338 g/mol. The van der Waals surface area contributed by atoms with E-state index in [1.54, 1.807) is 13.0 Å². The van der Waals surface area contributed by atoms with E-state index in [9.17, 15) is 5.11 Å². The molecule has 0 fully saturated rings. The Morgan fingerprint density at radius 3 is 2.32 bits per heavy atom. The van der Waals surface area contributed by atoms with Crippen molar-refractivity contribution in [2.45, 2.75) is 48.5 Å². The minimum Gasteiger partial charge on any atom is -0.513 e. The fraction of sp³-hybridized carbons (Fsp3) is 0.333. The van der Waals surface area contributed by atoms with Gasteiger partial charge in [-0.25, -0.2) is 0 Å². The largest absolute Gasteiger partial charge is 0.513 e. The normalized spacial score (nSPS) is 15.9. The van der Waals surface area contributed by atoms with Crippen LogP contribution in [0.1, 0.15) is 63.8 Å². The van der Waals surface area contributed by atoms with E-state index in [0.29, 0.717) is 11.7 Å². The first-order valence-electron chi connectivity index (χ1n) is 9.23. The quantitative estimate of drug-likeness (QED) is 0.558. The Kier molecular flexibility index (Phi) is 11.0. The second kappa shape index (κ2) is 12.1. The lowest BCUT2D eigenvalue weighted by Gasteiger charge is -2.13. The third-order valence-corrected chi connectivity index (χ3v) is 3.70. The summed E-state index contributed by atoms with van der Waals surface area (Å²) < 4.78 is 0. The van der Waals surface area contributed by atoms with E-state index in [0.717, 1.165) is 16.7 Å². The van der Waals surface area contributed by atoms with Crippen LogP contribution >= 0.6 is 0 Å². The average molecular weight is 339 g/mol. The standard InChI is InChI=1S/C20H22O.2C2H6/c1-5-17-11-12-19(16(4)20(17)13-15(3)21)18-8-6-7-14(2)9-10-18;2*1-2/h5-14,21H,1H2,2-4H3;2*1-2H3/b15-13+;;. The molecule has 1 heteroatoms. The van der Waals surface area contributed by atoms with E-state index in [4.69, 9.17) is 0 Å². The Balaban J connectivity index is 0.00000134. The highest BCUT2D eigenvalue weighted by Crippen LogP contribution is 2.29. The van der Waals surface area contributed by atoms with Gasteiger partial charge in [-0.2, -0.15) is 0 Å². The van der Waals surface area contributed by atoms with Gasteiger partial charge in [0.25, 0.3) is 0 Å². The minimum absolute atomic E-state index is 0.303. The molecule has 1 N–H and O–H groups in total. The first kappa shape index (κ1) is 22.7. The van der Waals surface area contributed by atoms with Crippen LogP contribution in [0.15, 0.2) is 54.9 Å². The van der Waals surface area contributed by atoms with Crippen LogP contribution in [0.4, 0.5) is 0 Å². The van der Waals surface area contributed by atoms with Crippen molar-refractivity contribution >= 4 is 17.7 Å². The summed E-state index contributed by atoms with van der Waals surface area (Å²) in [6.07, 6.45) is 14.4. The van der Waals surface area contributed by atoms with Crippen LogP contribution in [-0.2, 0) is 0 Å². The maximum absolute atomic E-state index is 9.62. The smallest absolute Gasteiger partial charge is 0.0898 e. The van der Waals surface area contributed by atoms with Gasteiger partial charge in [0, 0.05) is 0 Å². The molecule has 1 atom stereocenters. The van der Waals surface area contributed by atoms with Crippen molar-refractivity contribution in [1.82, 2.24) is 0 Å². The van der Waals surface area contributed by atoms with Gasteiger partial charge in [-0.05, 0) is 53.7 Å². The molecule has 0 amide bonds. The molecule has 0 aliphatic heterocycles. The average Bonchev–Trinajstić information content (AvgIpc) is 2.84. The Labute approximate surface area is 154 Å². The second-order valence-electron chi connectivity index (χ2n) is 5.46. The van der Waals surface area contributed by atoms with Gasteiger partial charge in [0.1, 0.15) is 0 Å². The Morgan fingerprint density at radius 1 is 1.12 bits per heavy atom. The highest BCUT2D eigenvalue weighted by atomic mass is 16.3. The molecule has 0 saturated heterocycles. The van der Waals surface area contributed by atoms with Crippen LogP contribution in [0.5, 0.6) is 0 Å². The summed E-state index contributed by atoms with van der Waals surface area (Å²) in [7, 11) is 0. The van der Waals surface area contributed by atoms with Gasteiger partial charge in [-0.15, -0.1) is 0 Å². The Morgan fingerprint density at radius 2 is 1.76 bits per heavy atom. The molecule has 0 heterocycles. The number of rotatable bonds is 3. The molecule has 0 spiro atoms. The van der Waals surface area contributed by atoms with Crippen molar-refractivity contribution in [3.05, 3.63) is 77.1 Å². The maximum Gasteiger partial charge on any atom is 0.0898 e. The molecule has 1 aromatic carbocycles. The molecule has 1 aliphatic rings. The van der Waals surface area contributed by atoms with Gasteiger partial charge < -0.3 is 5.11 Å². The SMILES string of the molecule is C=Cc1ccc(C2=CC=CC(C)C=C2)c(C)c1/C=C(\C)O.CC.CC. The summed E-state index contributed by atoms with van der Waals surface area (Å²) >= 11 is 0. The van der Waals surface area contributed by atoms with Crippen LogP contribution in [0, 0.1) is 12.8 Å². The van der Waals surface area contributed by atoms with Gasteiger partial charge in [0.05, 0.1) is 5.76 Å². The summed E-state index contributed by atoms with van der Waals surface area (Å²) in [5.74, 6) is 0.753. The maximum atomic E-state index is 9.62. The predicted octanol–water partition coefficient (Wildman–Crippen LogP) is 7.75. The minimum atomic E-state index is 0.303. The Bertz CT molecular complexity index is 666. The van der Waals surface area contributed by atoms with Crippen LogP contribution in [-0.4, -0.2) is 5.11 Å². The zero-order valence-corrected chi connectivity index (χ0v) is 16.9. The molecular weight excluding hydrogens is 304 g/mol. The van der Waals surface area contributed by atoms with Crippen molar-refractivity contribution in [3.63, 3.8) is 0 Å². The predicted molar refractivity (Wildman–Crippen MR) is 116 cm³/mol. The number of aliphatic hydroxyl groups is 1. The summed E-state index contributed by atoms with van der Waals surface area (Å²) in [5.41, 5.74) is 5.58. The third kappa shape index (κ3) is 6.62. The molecule has 2 rings (SSSR count). The van der Waals surface area contributed by atoms with Crippen LogP contribution in [0.3, 0.4) is 0 Å². The van der Waals surface area contributed by atoms with Crippen LogP contribution in [0.2, 0.25) is 0 Å². The van der Waals surface area contributed by atoms with Crippen molar-refractivity contribution in [1.29, 1.82) is 0 Å². The molecule has 0 aromatic heterocycles. The lowest BCUT2D eigenvalue weighted by molar-refractivity contribution is 0.420. The molecular formula is C24H34O. The van der Waals surface area contributed by atoms with Crippen molar-refractivity contribution in [2.24, 2.45) is 5.92 Å². The summed E-state index contributed by atoms with van der Waals surface area (Å²) in [4.78, 5) is 0. The van der Waals surface area contributed by atoms with Gasteiger partial charge in [-0.3, -0.25) is 0 Å². The van der Waals surface area contributed by atoms with Crippen molar-refractivity contribution < 1.29 is 5.11 Å². The van der Waals surface area contributed by atoms with Gasteiger partial charge in [0.2, 0.25) is 0 Å². The first-order chi connectivity index (χ1) is 12.0. The fourth-order valence-corrected chi connectivity index (χ4v) is 2.53. The number of hydrogen-bond acceptors (Lipinski definition) is 1. The van der Waals surface area contributed by atoms with Crippen LogP contribution < -0.4 is 0 Å². The van der Waals surface area contributed by atoms with Gasteiger partial charge in [0.15, 0.2) is 0 Å². The number of aliphatic hydroxyl groups excluding tert-OH is 1. The summed E-state index contributed by atoms with van der Waals surface area (Å²) in [5, 5.41) is 9.62. The highest BCUT2D eigenvalue weighted by molar-refractivity contribution is 5.82.